The first-order chi connectivity index (χ1) is 16.7. The van der Waals surface area contributed by atoms with Crippen molar-refractivity contribution in [1.29, 1.82) is 0 Å². The largest absolute Gasteiger partial charge is 0.507 e. The molecule has 0 bridgehead atoms. The van der Waals surface area contributed by atoms with Gasteiger partial charge in [-0.2, -0.15) is 0 Å². The van der Waals surface area contributed by atoms with Gasteiger partial charge in [0.2, 0.25) is 5.91 Å². The number of likely N-dealkylation sites (tertiary alicyclic amines) is 1. The molecule has 2 fully saturated rings. The first kappa shape index (κ1) is 24.9. The van der Waals surface area contributed by atoms with Crippen LogP contribution < -0.4 is 11.5 Å². The van der Waals surface area contributed by atoms with E-state index < -0.39 is 0 Å². The molecule has 1 aromatic carbocycles. The van der Waals surface area contributed by atoms with Gasteiger partial charge in [0.15, 0.2) is 0 Å². The number of carbonyl (C=O) groups excluding carboxylic acids is 1. The molecular weight excluding hydrogens is 440 g/mol. The summed E-state index contributed by atoms with van der Waals surface area (Å²) in [4.78, 5) is 17.7. The fourth-order valence-electron chi connectivity index (χ4n) is 6.13. The number of nitrogens with zero attached hydrogens (tertiary/aromatic N) is 1. The first-order valence-corrected chi connectivity index (χ1v) is 12.5. The number of hydrogen-bond acceptors (Lipinski definition) is 5. The van der Waals surface area contributed by atoms with Gasteiger partial charge in [0.1, 0.15) is 11.6 Å². The molecule has 1 saturated heterocycles. The Kier molecular flexibility index (Phi) is 7.26. The van der Waals surface area contributed by atoms with E-state index >= 15 is 0 Å². The van der Waals surface area contributed by atoms with Crippen LogP contribution in [0, 0.1) is 11.8 Å². The molecule has 0 spiro atoms. The average Bonchev–Trinajstić information content (AvgIpc) is 3.12. The number of aliphatic hydroxyl groups excluding tert-OH is 1. The number of aromatic hydroxyl groups is 1. The van der Waals surface area contributed by atoms with Crippen LogP contribution in [0.3, 0.4) is 0 Å². The van der Waals surface area contributed by atoms with E-state index in [1.807, 2.05) is 19.1 Å². The lowest BCUT2D eigenvalue weighted by atomic mass is 9.72. The maximum absolute atomic E-state index is 12.4. The lowest BCUT2D eigenvalue weighted by Gasteiger charge is -2.43. The number of H-pyrrole nitrogens is 1. The summed E-state index contributed by atoms with van der Waals surface area (Å²) in [6.07, 6.45) is 7.87. The van der Waals surface area contributed by atoms with Gasteiger partial charge in [0.05, 0.1) is 12.6 Å². The highest BCUT2D eigenvalue weighted by Crippen LogP contribution is 2.43. The van der Waals surface area contributed by atoms with Crippen molar-refractivity contribution in [3.8, 4) is 5.75 Å². The number of nitrogen functional groups attached to an aromatic ring is 1. The third-order valence-corrected chi connectivity index (χ3v) is 7.79. The molecule has 0 radical (unpaired) electrons. The Hall–Kier alpha value is -3.19. The van der Waals surface area contributed by atoms with Crippen LogP contribution >= 0.6 is 0 Å². The molecule has 3 unspecified atom stereocenters. The maximum Gasteiger partial charge on any atom is 0.246 e. The number of amides is 1. The van der Waals surface area contributed by atoms with E-state index in [9.17, 15) is 15.0 Å². The molecule has 1 amide bonds. The normalized spacial score (nSPS) is 26.9. The van der Waals surface area contributed by atoms with E-state index in [0.717, 1.165) is 35.6 Å². The van der Waals surface area contributed by atoms with Gasteiger partial charge in [-0.15, -0.1) is 0 Å². The molecule has 188 valence electrons. The zero-order valence-electron chi connectivity index (χ0n) is 20.7. The maximum atomic E-state index is 12.4. The van der Waals surface area contributed by atoms with E-state index in [4.69, 9.17) is 11.5 Å². The number of nitrogens with one attached hydrogen (secondary N) is 1. The third kappa shape index (κ3) is 4.96. The second-order valence-corrected chi connectivity index (χ2v) is 10.4. The Balaban J connectivity index is 1.72. The topological polar surface area (TPSA) is 129 Å². The van der Waals surface area contributed by atoms with Crippen molar-refractivity contribution in [1.82, 2.24) is 9.88 Å². The van der Waals surface area contributed by atoms with Gasteiger partial charge in [-0.3, -0.25) is 4.79 Å². The van der Waals surface area contributed by atoms with Crippen molar-refractivity contribution in [2.45, 2.75) is 64.0 Å². The molecule has 2 heterocycles. The highest BCUT2D eigenvalue weighted by atomic mass is 16.3. The highest BCUT2D eigenvalue weighted by Gasteiger charge is 2.38. The second-order valence-electron chi connectivity index (χ2n) is 10.4. The Labute approximate surface area is 207 Å². The van der Waals surface area contributed by atoms with Crippen LogP contribution in [-0.2, 0) is 11.2 Å². The third-order valence-electron chi connectivity index (χ3n) is 7.79. The second kappa shape index (κ2) is 10.2. The highest BCUT2D eigenvalue weighted by molar-refractivity contribution is 5.88. The molecule has 7 heteroatoms. The molecule has 7 nitrogen and oxygen atoms in total. The molecule has 1 aliphatic carbocycles. The Morgan fingerprint density at radius 3 is 2.57 bits per heavy atom. The number of para-hydroxylation sites is 1. The van der Waals surface area contributed by atoms with Crippen molar-refractivity contribution in [3.63, 3.8) is 0 Å². The van der Waals surface area contributed by atoms with Crippen LogP contribution in [0.15, 0.2) is 36.9 Å². The van der Waals surface area contributed by atoms with Gasteiger partial charge in [0, 0.05) is 34.5 Å². The Morgan fingerprint density at radius 1 is 1.23 bits per heavy atom. The number of hydrogen-bond donors (Lipinski definition) is 5. The average molecular weight is 479 g/mol. The van der Waals surface area contributed by atoms with Crippen LogP contribution in [0.5, 0.6) is 5.75 Å². The summed E-state index contributed by atoms with van der Waals surface area (Å²) in [6.45, 7) is 7.83. The Bertz CT molecular complexity index is 1120. The predicted molar refractivity (Wildman–Crippen MR) is 140 cm³/mol. The Morgan fingerprint density at radius 2 is 1.94 bits per heavy atom. The quantitative estimate of drug-likeness (QED) is 0.384. The van der Waals surface area contributed by atoms with E-state index in [2.05, 4.69) is 18.5 Å². The molecule has 1 aromatic heterocycles. The van der Waals surface area contributed by atoms with Crippen molar-refractivity contribution in [2.75, 3.05) is 12.3 Å². The van der Waals surface area contributed by atoms with Crippen molar-refractivity contribution >= 4 is 23.5 Å². The molecule has 2 aromatic rings. The number of carbonyl (C=O) groups is 1. The summed E-state index contributed by atoms with van der Waals surface area (Å²) in [7, 11) is 0. The monoisotopic (exact) mass is 478 g/mol. The number of rotatable bonds is 7. The number of piperidine rings is 1. The molecule has 4 rings (SSSR count). The van der Waals surface area contributed by atoms with E-state index in [0.29, 0.717) is 29.4 Å². The molecule has 1 saturated carbocycles. The van der Waals surface area contributed by atoms with Crippen LogP contribution in [0.2, 0.25) is 0 Å². The molecule has 3 atom stereocenters. The summed E-state index contributed by atoms with van der Waals surface area (Å²) in [5, 5.41) is 20.4. The van der Waals surface area contributed by atoms with Crippen molar-refractivity contribution < 1.29 is 15.0 Å². The van der Waals surface area contributed by atoms with Crippen molar-refractivity contribution in [2.24, 2.45) is 17.6 Å². The number of nitrogens with two attached hydrogens (primary N) is 2. The predicted octanol–water partition coefficient (Wildman–Crippen LogP) is 3.99. The molecular formula is C28H38N4O3. The van der Waals surface area contributed by atoms with Crippen molar-refractivity contribution in [3.05, 3.63) is 59.3 Å². The smallest absolute Gasteiger partial charge is 0.246 e. The minimum absolute atomic E-state index is 0.0390. The van der Waals surface area contributed by atoms with Gasteiger partial charge < -0.3 is 31.6 Å². The number of phenolic OH excluding ortho intramolecular Hbond substituents is 1. The zero-order valence-corrected chi connectivity index (χ0v) is 20.7. The lowest BCUT2D eigenvalue weighted by Crippen LogP contribution is -2.51. The summed E-state index contributed by atoms with van der Waals surface area (Å²) in [5.74, 6) is 1.98. The van der Waals surface area contributed by atoms with Crippen LogP contribution in [0.1, 0.15) is 67.8 Å². The number of aromatic nitrogens is 1. The summed E-state index contributed by atoms with van der Waals surface area (Å²) in [5.41, 5.74) is 17.1. The minimum atomic E-state index is -0.277. The van der Waals surface area contributed by atoms with E-state index in [1.54, 1.807) is 23.1 Å². The summed E-state index contributed by atoms with van der Waals surface area (Å²) in [6, 6.07) is 6.70. The SMILES string of the molecule is C=CC(=O)N1C(C)CC(c2[nH]c(N)c(/C=C(\N)c3ccccc3O)c2CC2CC(C)C2)CC1CO. The first-order valence-electron chi connectivity index (χ1n) is 12.5. The minimum Gasteiger partial charge on any atom is -0.507 e. The van der Waals surface area contributed by atoms with Crippen LogP contribution in [0.25, 0.3) is 11.8 Å². The molecule has 7 N–H and O–H groups in total. The van der Waals surface area contributed by atoms with Gasteiger partial charge >= 0.3 is 0 Å². The fraction of sp³-hybridized carbons (Fsp3) is 0.464. The van der Waals surface area contributed by atoms with Gasteiger partial charge in [-0.25, -0.2) is 0 Å². The van der Waals surface area contributed by atoms with E-state index in [-0.39, 0.29) is 36.3 Å². The molecule has 35 heavy (non-hydrogen) atoms. The number of phenols is 1. The van der Waals surface area contributed by atoms with Gasteiger partial charge in [0.25, 0.3) is 0 Å². The molecule has 1 aliphatic heterocycles. The fourth-order valence-corrected chi connectivity index (χ4v) is 6.13. The number of aromatic amines is 1. The van der Waals surface area contributed by atoms with E-state index in [1.165, 1.54) is 18.9 Å². The van der Waals surface area contributed by atoms with Crippen LogP contribution in [-0.4, -0.2) is 44.7 Å². The zero-order chi connectivity index (χ0) is 25.3. The number of aliphatic hydroxyl groups is 1. The van der Waals surface area contributed by atoms with Crippen LogP contribution in [0.4, 0.5) is 5.82 Å². The van der Waals surface area contributed by atoms with Gasteiger partial charge in [-0.05, 0) is 80.7 Å². The summed E-state index contributed by atoms with van der Waals surface area (Å²) < 4.78 is 0. The molecule has 2 aliphatic rings. The summed E-state index contributed by atoms with van der Waals surface area (Å²) >= 11 is 0. The standard InChI is InChI=1S/C28H38N4O3/c1-4-26(35)32-17(3)11-19(13-20(32)15-33)27-22(12-18-9-16(2)10-18)23(28(30)31-27)14-24(29)21-7-5-6-8-25(21)34/h4-8,14,16-20,31,33-34H,1,9-13,15,29-30H2,2-3H3/b24-14-. The number of benzene rings is 1. The number of anilines is 1. The van der Waals surface area contributed by atoms with Gasteiger partial charge in [-0.1, -0.05) is 25.6 Å². The lowest BCUT2D eigenvalue weighted by molar-refractivity contribution is -0.134.